The first-order chi connectivity index (χ1) is 9.13. The molecule has 0 bridgehead atoms. The SMILES string of the molecule is COc1ccc(OC)c(N2CCC(C)NC(C)C2)c1. The second kappa shape index (κ2) is 6.15. The van der Waals surface area contributed by atoms with Crippen molar-refractivity contribution in [1.29, 1.82) is 0 Å². The summed E-state index contributed by atoms with van der Waals surface area (Å²) in [7, 11) is 3.41. The topological polar surface area (TPSA) is 33.7 Å². The van der Waals surface area contributed by atoms with Crippen molar-refractivity contribution in [3.05, 3.63) is 18.2 Å². The Kier molecular flexibility index (Phi) is 4.53. The molecule has 4 nitrogen and oxygen atoms in total. The van der Waals surface area contributed by atoms with Crippen LogP contribution in [0.3, 0.4) is 0 Å². The summed E-state index contributed by atoms with van der Waals surface area (Å²) in [6, 6.07) is 6.98. The van der Waals surface area contributed by atoms with Crippen molar-refractivity contribution in [3.8, 4) is 11.5 Å². The van der Waals surface area contributed by atoms with Gasteiger partial charge in [0.2, 0.25) is 0 Å². The summed E-state index contributed by atoms with van der Waals surface area (Å²) in [4.78, 5) is 2.38. The summed E-state index contributed by atoms with van der Waals surface area (Å²) >= 11 is 0. The summed E-state index contributed by atoms with van der Waals surface area (Å²) in [5.74, 6) is 1.77. The predicted octanol–water partition coefficient (Wildman–Crippen LogP) is 2.28. The van der Waals surface area contributed by atoms with Gasteiger partial charge in [0.15, 0.2) is 0 Å². The van der Waals surface area contributed by atoms with E-state index in [1.807, 2.05) is 12.1 Å². The van der Waals surface area contributed by atoms with E-state index in [1.54, 1.807) is 14.2 Å². The Bertz CT molecular complexity index is 423. The Labute approximate surface area is 115 Å². The number of nitrogens with zero attached hydrogens (tertiary/aromatic N) is 1. The summed E-state index contributed by atoms with van der Waals surface area (Å²) < 4.78 is 10.8. The lowest BCUT2D eigenvalue weighted by Gasteiger charge is -2.26. The highest BCUT2D eigenvalue weighted by Crippen LogP contribution is 2.33. The molecule has 1 aromatic rings. The van der Waals surface area contributed by atoms with Crippen LogP contribution in [0.4, 0.5) is 5.69 Å². The molecular formula is C15H24N2O2. The molecule has 0 spiro atoms. The molecule has 0 aliphatic carbocycles. The van der Waals surface area contributed by atoms with E-state index >= 15 is 0 Å². The summed E-state index contributed by atoms with van der Waals surface area (Å²) in [5, 5.41) is 3.59. The van der Waals surface area contributed by atoms with Gasteiger partial charge in [0.1, 0.15) is 11.5 Å². The van der Waals surface area contributed by atoms with Crippen LogP contribution in [0.15, 0.2) is 18.2 Å². The smallest absolute Gasteiger partial charge is 0.142 e. The molecule has 4 heteroatoms. The van der Waals surface area contributed by atoms with Gasteiger partial charge in [0, 0.05) is 31.2 Å². The first-order valence-corrected chi connectivity index (χ1v) is 6.87. The van der Waals surface area contributed by atoms with Crippen molar-refractivity contribution in [1.82, 2.24) is 5.32 Å². The number of ether oxygens (including phenoxy) is 2. The fraction of sp³-hybridized carbons (Fsp3) is 0.600. The van der Waals surface area contributed by atoms with E-state index in [0.717, 1.165) is 36.7 Å². The zero-order valence-corrected chi connectivity index (χ0v) is 12.3. The quantitative estimate of drug-likeness (QED) is 0.908. The van der Waals surface area contributed by atoms with Crippen LogP contribution in [-0.4, -0.2) is 39.4 Å². The Morgan fingerprint density at radius 1 is 1.16 bits per heavy atom. The standard InChI is InChI=1S/C15H24N2O2/c1-11-7-8-17(10-12(2)16-11)14-9-13(18-3)5-6-15(14)19-4/h5-6,9,11-12,16H,7-8,10H2,1-4H3. The Hall–Kier alpha value is -1.42. The fourth-order valence-corrected chi connectivity index (χ4v) is 2.66. The van der Waals surface area contributed by atoms with Crippen molar-refractivity contribution in [2.45, 2.75) is 32.4 Å². The second-order valence-electron chi connectivity index (χ2n) is 5.24. The molecule has 1 aromatic carbocycles. The summed E-state index contributed by atoms with van der Waals surface area (Å²) in [6.45, 7) is 6.47. The van der Waals surface area contributed by atoms with Gasteiger partial charge in [-0.25, -0.2) is 0 Å². The lowest BCUT2D eigenvalue weighted by molar-refractivity contribution is 0.402. The third kappa shape index (κ3) is 3.32. The number of methoxy groups -OCH3 is 2. The average molecular weight is 264 g/mol. The van der Waals surface area contributed by atoms with Gasteiger partial charge >= 0.3 is 0 Å². The van der Waals surface area contributed by atoms with E-state index in [1.165, 1.54) is 0 Å². The van der Waals surface area contributed by atoms with Gasteiger partial charge in [-0.15, -0.1) is 0 Å². The maximum Gasteiger partial charge on any atom is 0.142 e. The number of hydrogen-bond acceptors (Lipinski definition) is 4. The molecule has 0 aromatic heterocycles. The van der Waals surface area contributed by atoms with Crippen molar-refractivity contribution in [2.24, 2.45) is 0 Å². The molecule has 106 valence electrons. The zero-order valence-electron chi connectivity index (χ0n) is 12.3. The zero-order chi connectivity index (χ0) is 13.8. The number of anilines is 1. The maximum atomic E-state index is 5.48. The highest BCUT2D eigenvalue weighted by atomic mass is 16.5. The van der Waals surface area contributed by atoms with Crippen molar-refractivity contribution < 1.29 is 9.47 Å². The number of hydrogen-bond donors (Lipinski definition) is 1. The van der Waals surface area contributed by atoms with E-state index in [-0.39, 0.29) is 0 Å². The van der Waals surface area contributed by atoms with Crippen LogP contribution in [0.2, 0.25) is 0 Å². The van der Waals surface area contributed by atoms with Crippen LogP contribution in [0, 0.1) is 0 Å². The van der Waals surface area contributed by atoms with E-state index in [4.69, 9.17) is 9.47 Å². The molecule has 2 unspecified atom stereocenters. The van der Waals surface area contributed by atoms with Gasteiger partial charge in [-0.05, 0) is 32.4 Å². The van der Waals surface area contributed by atoms with Gasteiger partial charge in [-0.1, -0.05) is 0 Å². The van der Waals surface area contributed by atoms with Crippen molar-refractivity contribution in [2.75, 3.05) is 32.2 Å². The molecule has 1 heterocycles. The molecule has 2 rings (SSSR count). The lowest BCUT2D eigenvalue weighted by atomic mass is 10.2. The van der Waals surface area contributed by atoms with Crippen LogP contribution in [0.25, 0.3) is 0 Å². The Morgan fingerprint density at radius 3 is 2.63 bits per heavy atom. The molecule has 1 aliphatic rings. The highest BCUT2D eigenvalue weighted by molar-refractivity contribution is 5.62. The minimum Gasteiger partial charge on any atom is -0.497 e. The molecule has 1 aliphatic heterocycles. The number of benzene rings is 1. The monoisotopic (exact) mass is 264 g/mol. The second-order valence-corrected chi connectivity index (χ2v) is 5.24. The molecule has 19 heavy (non-hydrogen) atoms. The van der Waals surface area contributed by atoms with Gasteiger partial charge in [0.25, 0.3) is 0 Å². The molecule has 0 radical (unpaired) electrons. The van der Waals surface area contributed by atoms with Crippen LogP contribution in [-0.2, 0) is 0 Å². The first kappa shape index (κ1) is 14.0. The van der Waals surface area contributed by atoms with Crippen LogP contribution < -0.4 is 19.7 Å². The molecule has 1 saturated heterocycles. The largest absolute Gasteiger partial charge is 0.497 e. The first-order valence-electron chi connectivity index (χ1n) is 6.87. The van der Waals surface area contributed by atoms with Gasteiger partial charge in [0.05, 0.1) is 19.9 Å². The molecule has 1 fully saturated rings. The van der Waals surface area contributed by atoms with Crippen LogP contribution in [0.5, 0.6) is 11.5 Å². The van der Waals surface area contributed by atoms with Crippen LogP contribution in [0.1, 0.15) is 20.3 Å². The third-order valence-electron chi connectivity index (χ3n) is 3.62. The normalized spacial score (nSPS) is 23.9. The van der Waals surface area contributed by atoms with Gasteiger partial charge in [-0.2, -0.15) is 0 Å². The summed E-state index contributed by atoms with van der Waals surface area (Å²) in [5.41, 5.74) is 1.12. The Morgan fingerprint density at radius 2 is 1.95 bits per heavy atom. The molecule has 0 amide bonds. The third-order valence-corrected chi connectivity index (χ3v) is 3.62. The lowest BCUT2D eigenvalue weighted by Crippen LogP contribution is -2.37. The molecule has 0 saturated carbocycles. The van der Waals surface area contributed by atoms with Crippen molar-refractivity contribution >= 4 is 5.69 Å². The van der Waals surface area contributed by atoms with Crippen LogP contribution >= 0.6 is 0 Å². The van der Waals surface area contributed by atoms with Gasteiger partial charge in [-0.3, -0.25) is 0 Å². The number of nitrogens with one attached hydrogen (secondary N) is 1. The van der Waals surface area contributed by atoms with E-state index in [2.05, 4.69) is 30.1 Å². The maximum absolute atomic E-state index is 5.48. The predicted molar refractivity (Wildman–Crippen MR) is 78.4 cm³/mol. The molecular weight excluding hydrogens is 240 g/mol. The molecule has 2 atom stereocenters. The van der Waals surface area contributed by atoms with Gasteiger partial charge < -0.3 is 19.7 Å². The molecule has 1 N–H and O–H groups in total. The minimum atomic E-state index is 0.466. The number of rotatable bonds is 3. The summed E-state index contributed by atoms with van der Waals surface area (Å²) in [6.07, 6.45) is 1.13. The Balaban J connectivity index is 2.28. The van der Waals surface area contributed by atoms with E-state index in [9.17, 15) is 0 Å². The fourth-order valence-electron chi connectivity index (χ4n) is 2.66. The van der Waals surface area contributed by atoms with E-state index in [0.29, 0.717) is 12.1 Å². The minimum absolute atomic E-state index is 0.466. The van der Waals surface area contributed by atoms with Crippen molar-refractivity contribution in [3.63, 3.8) is 0 Å². The van der Waals surface area contributed by atoms with E-state index < -0.39 is 0 Å². The highest BCUT2D eigenvalue weighted by Gasteiger charge is 2.21. The average Bonchev–Trinajstić information content (AvgIpc) is 2.58.